The Labute approximate surface area is 113 Å². The largest absolute Gasteiger partial charge is 0.321 e. The van der Waals surface area contributed by atoms with Gasteiger partial charge < -0.3 is 5.73 Å². The molecule has 4 heteroatoms. The molecule has 1 unspecified atom stereocenters. The Morgan fingerprint density at radius 1 is 1.37 bits per heavy atom. The molecule has 100 valence electrons. The molecule has 0 saturated carbocycles. The number of hydrogen-bond acceptors (Lipinski definition) is 3. The van der Waals surface area contributed by atoms with Gasteiger partial charge in [-0.25, -0.2) is 9.67 Å². The lowest BCUT2D eigenvalue weighted by Crippen LogP contribution is -2.37. The molecular formula is C15H20N4. The van der Waals surface area contributed by atoms with E-state index in [0.717, 1.165) is 25.1 Å². The highest BCUT2D eigenvalue weighted by atomic mass is 15.3. The minimum Gasteiger partial charge on any atom is -0.321 e. The molecule has 0 radical (unpaired) electrons. The summed E-state index contributed by atoms with van der Waals surface area (Å²) in [5, 5.41) is 4.29. The van der Waals surface area contributed by atoms with E-state index < -0.39 is 0 Å². The molecule has 0 fully saturated rings. The van der Waals surface area contributed by atoms with Crippen molar-refractivity contribution < 1.29 is 0 Å². The van der Waals surface area contributed by atoms with E-state index in [4.69, 9.17) is 5.73 Å². The SMILES string of the molecule is CC(C)n1ncnc1CC1(N)CCc2ccccc21. The molecule has 0 saturated heterocycles. The van der Waals surface area contributed by atoms with Gasteiger partial charge in [-0.3, -0.25) is 0 Å². The van der Waals surface area contributed by atoms with E-state index in [9.17, 15) is 0 Å². The Kier molecular flexibility index (Phi) is 2.90. The van der Waals surface area contributed by atoms with Crippen molar-refractivity contribution in [1.29, 1.82) is 0 Å². The van der Waals surface area contributed by atoms with Gasteiger partial charge >= 0.3 is 0 Å². The number of fused-ring (bicyclic) bond motifs is 1. The zero-order valence-electron chi connectivity index (χ0n) is 11.5. The molecule has 1 aromatic heterocycles. The molecule has 3 rings (SSSR count). The lowest BCUT2D eigenvalue weighted by molar-refractivity contribution is 0.401. The first-order valence-electron chi connectivity index (χ1n) is 6.86. The average molecular weight is 256 g/mol. The van der Waals surface area contributed by atoms with Gasteiger partial charge in [-0.2, -0.15) is 5.10 Å². The van der Waals surface area contributed by atoms with Crippen LogP contribution in [0.25, 0.3) is 0 Å². The molecule has 1 aromatic carbocycles. The molecule has 0 spiro atoms. The molecule has 1 aliphatic carbocycles. The highest BCUT2D eigenvalue weighted by Crippen LogP contribution is 2.37. The average Bonchev–Trinajstić information content (AvgIpc) is 2.96. The second-order valence-corrected chi connectivity index (χ2v) is 5.70. The van der Waals surface area contributed by atoms with E-state index in [1.807, 2.05) is 4.68 Å². The minimum absolute atomic E-state index is 0.295. The van der Waals surface area contributed by atoms with E-state index in [-0.39, 0.29) is 5.54 Å². The van der Waals surface area contributed by atoms with Crippen LogP contribution in [-0.4, -0.2) is 14.8 Å². The first-order valence-corrected chi connectivity index (χ1v) is 6.86. The summed E-state index contributed by atoms with van der Waals surface area (Å²) < 4.78 is 1.97. The van der Waals surface area contributed by atoms with E-state index in [0.29, 0.717) is 6.04 Å². The summed E-state index contributed by atoms with van der Waals surface area (Å²) in [6.45, 7) is 4.23. The fourth-order valence-corrected chi connectivity index (χ4v) is 3.01. The molecule has 4 nitrogen and oxygen atoms in total. The van der Waals surface area contributed by atoms with Crippen LogP contribution in [0.1, 0.15) is 43.3 Å². The van der Waals surface area contributed by atoms with Crippen LogP contribution in [0, 0.1) is 0 Å². The predicted octanol–water partition coefficient (Wildman–Crippen LogP) is 2.20. The van der Waals surface area contributed by atoms with Gasteiger partial charge in [0, 0.05) is 18.0 Å². The molecule has 2 N–H and O–H groups in total. The van der Waals surface area contributed by atoms with E-state index >= 15 is 0 Å². The maximum absolute atomic E-state index is 6.65. The summed E-state index contributed by atoms with van der Waals surface area (Å²) in [6.07, 6.45) is 4.42. The van der Waals surface area contributed by atoms with Gasteiger partial charge in [0.25, 0.3) is 0 Å². The number of nitrogens with zero attached hydrogens (tertiary/aromatic N) is 3. The van der Waals surface area contributed by atoms with Gasteiger partial charge in [-0.1, -0.05) is 24.3 Å². The number of nitrogens with two attached hydrogens (primary N) is 1. The Bertz CT molecular complexity index is 587. The molecule has 1 aliphatic rings. The van der Waals surface area contributed by atoms with E-state index in [1.165, 1.54) is 11.1 Å². The van der Waals surface area contributed by atoms with Crippen LogP contribution >= 0.6 is 0 Å². The Morgan fingerprint density at radius 2 is 2.16 bits per heavy atom. The van der Waals surface area contributed by atoms with Crippen LogP contribution in [0.4, 0.5) is 0 Å². The number of aryl methyl sites for hydroxylation is 1. The Morgan fingerprint density at radius 3 is 2.95 bits per heavy atom. The summed E-state index contributed by atoms with van der Waals surface area (Å²) >= 11 is 0. The lowest BCUT2D eigenvalue weighted by Gasteiger charge is -2.25. The first kappa shape index (κ1) is 12.4. The zero-order valence-corrected chi connectivity index (χ0v) is 11.5. The summed E-state index contributed by atoms with van der Waals surface area (Å²) in [6, 6.07) is 8.80. The zero-order chi connectivity index (χ0) is 13.5. The normalized spacial score (nSPS) is 21.9. The van der Waals surface area contributed by atoms with Crippen LogP contribution in [0.15, 0.2) is 30.6 Å². The Hall–Kier alpha value is -1.68. The van der Waals surface area contributed by atoms with Crippen LogP contribution in [0.2, 0.25) is 0 Å². The summed E-state index contributed by atoms with van der Waals surface area (Å²) in [5.74, 6) is 0.981. The third-order valence-electron chi connectivity index (χ3n) is 4.00. The smallest absolute Gasteiger partial charge is 0.138 e. The Balaban J connectivity index is 1.93. The van der Waals surface area contributed by atoms with Crippen LogP contribution in [0.5, 0.6) is 0 Å². The third kappa shape index (κ3) is 2.06. The van der Waals surface area contributed by atoms with Crippen LogP contribution < -0.4 is 5.73 Å². The third-order valence-corrected chi connectivity index (χ3v) is 4.00. The van der Waals surface area contributed by atoms with Crippen LogP contribution in [-0.2, 0) is 18.4 Å². The maximum atomic E-state index is 6.65. The molecule has 19 heavy (non-hydrogen) atoms. The van der Waals surface area contributed by atoms with E-state index in [1.54, 1.807) is 6.33 Å². The number of aromatic nitrogens is 3. The van der Waals surface area contributed by atoms with Crippen molar-refractivity contribution in [3.63, 3.8) is 0 Å². The number of rotatable bonds is 3. The van der Waals surface area contributed by atoms with Gasteiger partial charge in [0.2, 0.25) is 0 Å². The summed E-state index contributed by atoms with van der Waals surface area (Å²) in [7, 11) is 0. The van der Waals surface area contributed by atoms with Crippen molar-refractivity contribution in [1.82, 2.24) is 14.8 Å². The standard InChI is InChI=1S/C15H20N4/c1-11(2)19-14(17-10-18-19)9-15(16)8-7-12-5-3-4-6-13(12)15/h3-6,10-11H,7-9,16H2,1-2H3. The maximum Gasteiger partial charge on any atom is 0.138 e. The highest BCUT2D eigenvalue weighted by molar-refractivity contribution is 5.39. The second-order valence-electron chi connectivity index (χ2n) is 5.70. The van der Waals surface area contributed by atoms with Crippen molar-refractivity contribution in [2.75, 3.05) is 0 Å². The van der Waals surface area contributed by atoms with Crippen molar-refractivity contribution >= 4 is 0 Å². The van der Waals surface area contributed by atoms with Gasteiger partial charge in [0.05, 0.1) is 0 Å². The van der Waals surface area contributed by atoms with Gasteiger partial charge in [-0.15, -0.1) is 0 Å². The quantitative estimate of drug-likeness (QED) is 0.916. The van der Waals surface area contributed by atoms with Crippen molar-refractivity contribution in [3.05, 3.63) is 47.5 Å². The van der Waals surface area contributed by atoms with E-state index in [2.05, 4.69) is 48.2 Å². The molecule has 0 aliphatic heterocycles. The summed E-state index contributed by atoms with van der Waals surface area (Å²) in [5.41, 5.74) is 9.00. The molecule has 0 bridgehead atoms. The molecule has 2 aromatic rings. The summed E-state index contributed by atoms with van der Waals surface area (Å²) in [4.78, 5) is 4.39. The van der Waals surface area contributed by atoms with Gasteiger partial charge in [0.15, 0.2) is 0 Å². The lowest BCUT2D eigenvalue weighted by atomic mass is 9.89. The van der Waals surface area contributed by atoms with Gasteiger partial charge in [0.1, 0.15) is 12.2 Å². The fraction of sp³-hybridized carbons (Fsp3) is 0.467. The number of benzene rings is 1. The minimum atomic E-state index is -0.295. The second kappa shape index (κ2) is 4.46. The molecule has 1 heterocycles. The predicted molar refractivity (Wildman–Crippen MR) is 74.7 cm³/mol. The van der Waals surface area contributed by atoms with Crippen molar-refractivity contribution in [2.45, 2.75) is 44.7 Å². The molecule has 0 amide bonds. The molecular weight excluding hydrogens is 236 g/mol. The fourth-order valence-electron chi connectivity index (χ4n) is 3.01. The van der Waals surface area contributed by atoms with Crippen molar-refractivity contribution in [3.8, 4) is 0 Å². The highest BCUT2D eigenvalue weighted by Gasteiger charge is 2.36. The topological polar surface area (TPSA) is 56.7 Å². The van der Waals surface area contributed by atoms with Crippen LogP contribution in [0.3, 0.4) is 0 Å². The van der Waals surface area contributed by atoms with Gasteiger partial charge in [-0.05, 0) is 37.8 Å². The monoisotopic (exact) mass is 256 g/mol. The first-order chi connectivity index (χ1) is 9.10. The molecule has 1 atom stereocenters. The number of hydrogen-bond donors (Lipinski definition) is 1. The van der Waals surface area contributed by atoms with Crippen molar-refractivity contribution in [2.24, 2.45) is 5.73 Å².